The lowest BCUT2D eigenvalue weighted by Gasteiger charge is -2.37. The van der Waals surface area contributed by atoms with Gasteiger partial charge in [0.2, 0.25) is 5.89 Å². The van der Waals surface area contributed by atoms with Crippen LogP contribution in [0.5, 0.6) is 0 Å². The Morgan fingerprint density at radius 3 is 2.61 bits per heavy atom. The molecule has 1 fully saturated rings. The van der Waals surface area contributed by atoms with E-state index in [1.807, 2.05) is 7.05 Å². The molecule has 102 valence electrons. The van der Waals surface area contributed by atoms with Gasteiger partial charge >= 0.3 is 6.01 Å². The van der Waals surface area contributed by atoms with Gasteiger partial charge in [-0.15, -0.1) is 5.10 Å². The van der Waals surface area contributed by atoms with E-state index >= 15 is 0 Å². The van der Waals surface area contributed by atoms with E-state index in [2.05, 4.69) is 41.3 Å². The van der Waals surface area contributed by atoms with Gasteiger partial charge in [0.05, 0.1) is 6.54 Å². The Morgan fingerprint density at radius 2 is 2.00 bits per heavy atom. The van der Waals surface area contributed by atoms with Crippen LogP contribution in [0.3, 0.4) is 0 Å². The summed E-state index contributed by atoms with van der Waals surface area (Å²) in [4.78, 5) is 2.14. The summed E-state index contributed by atoms with van der Waals surface area (Å²) in [6.45, 7) is 5.32. The van der Waals surface area contributed by atoms with Gasteiger partial charge in [0.25, 0.3) is 0 Å². The van der Waals surface area contributed by atoms with Crippen LogP contribution in [-0.2, 0) is 6.54 Å². The summed E-state index contributed by atoms with van der Waals surface area (Å²) in [5.41, 5.74) is 0.490. The second-order valence-electron chi connectivity index (χ2n) is 6.01. The first kappa shape index (κ1) is 13.3. The lowest BCUT2D eigenvalue weighted by molar-refractivity contribution is 0.219. The Bertz CT molecular complexity index is 378. The van der Waals surface area contributed by atoms with Crippen molar-refractivity contribution in [3.63, 3.8) is 0 Å². The maximum absolute atomic E-state index is 5.63. The molecule has 0 bridgehead atoms. The third kappa shape index (κ3) is 3.02. The second-order valence-corrected chi connectivity index (χ2v) is 6.01. The standard InChI is InChI=1S/C13H24N4O/c1-13(2)7-5-10(6-8-13)17(4)12-16-15-11(18-12)9-14-3/h10,14H,5-9H2,1-4H3. The van der Waals surface area contributed by atoms with Crippen LogP contribution in [0, 0.1) is 5.41 Å². The minimum Gasteiger partial charge on any atom is -0.407 e. The van der Waals surface area contributed by atoms with Gasteiger partial charge in [0.1, 0.15) is 0 Å². The SMILES string of the molecule is CNCc1nnc(N(C)C2CCC(C)(C)CC2)o1. The van der Waals surface area contributed by atoms with Crippen LogP contribution in [0.1, 0.15) is 45.4 Å². The number of hydrogen-bond acceptors (Lipinski definition) is 5. The van der Waals surface area contributed by atoms with Crippen molar-refractivity contribution in [3.05, 3.63) is 5.89 Å². The van der Waals surface area contributed by atoms with Gasteiger partial charge in [0, 0.05) is 13.1 Å². The van der Waals surface area contributed by atoms with Gasteiger partial charge in [-0.25, -0.2) is 0 Å². The third-order valence-electron chi connectivity index (χ3n) is 3.94. The Hall–Kier alpha value is -1.10. The van der Waals surface area contributed by atoms with Crippen molar-refractivity contribution in [2.75, 3.05) is 19.0 Å². The first-order valence-electron chi connectivity index (χ1n) is 6.72. The van der Waals surface area contributed by atoms with Gasteiger partial charge < -0.3 is 14.6 Å². The van der Waals surface area contributed by atoms with Crippen LogP contribution in [0.4, 0.5) is 6.01 Å². The molecule has 0 saturated heterocycles. The summed E-state index contributed by atoms with van der Waals surface area (Å²) < 4.78 is 5.63. The van der Waals surface area contributed by atoms with E-state index in [9.17, 15) is 0 Å². The van der Waals surface area contributed by atoms with Crippen molar-refractivity contribution in [1.29, 1.82) is 0 Å². The van der Waals surface area contributed by atoms with Crippen molar-refractivity contribution in [2.24, 2.45) is 5.41 Å². The summed E-state index contributed by atoms with van der Waals surface area (Å²) in [5.74, 6) is 0.649. The molecule has 1 aliphatic rings. The van der Waals surface area contributed by atoms with Gasteiger partial charge in [0.15, 0.2) is 0 Å². The number of anilines is 1. The summed E-state index contributed by atoms with van der Waals surface area (Å²) >= 11 is 0. The van der Waals surface area contributed by atoms with E-state index in [1.165, 1.54) is 25.7 Å². The predicted molar refractivity (Wildman–Crippen MR) is 71.5 cm³/mol. The topological polar surface area (TPSA) is 54.2 Å². The molecule has 18 heavy (non-hydrogen) atoms. The Balaban J connectivity index is 1.96. The van der Waals surface area contributed by atoms with Gasteiger partial charge in [-0.2, -0.15) is 0 Å². The first-order chi connectivity index (χ1) is 8.52. The van der Waals surface area contributed by atoms with Gasteiger partial charge in [-0.3, -0.25) is 0 Å². The quantitative estimate of drug-likeness (QED) is 0.890. The van der Waals surface area contributed by atoms with E-state index < -0.39 is 0 Å². The normalized spacial score (nSPS) is 20.0. The molecule has 0 aliphatic heterocycles. The first-order valence-corrected chi connectivity index (χ1v) is 6.72. The molecule has 0 aromatic carbocycles. The van der Waals surface area contributed by atoms with Gasteiger partial charge in [-0.1, -0.05) is 18.9 Å². The minimum atomic E-state index is 0.490. The van der Waals surface area contributed by atoms with Crippen molar-refractivity contribution in [1.82, 2.24) is 15.5 Å². The van der Waals surface area contributed by atoms with E-state index in [4.69, 9.17) is 4.42 Å². The predicted octanol–water partition coefficient (Wildman–Crippen LogP) is 2.19. The highest BCUT2D eigenvalue weighted by Gasteiger charge is 2.30. The fourth-order valence-electron chi connectivity index (χ4n) is 2.54. The lowest BCUT2D eigenvalue weighted by atomic mass is 9.75. The molecule has 0 atom stereocenters. The molecular weight excluding hydrogens is 228 g/mol. The summed E-state index contributed by atoms with van der Waals surface area (Å²) in [7, 11) is 3.93. The van der Waals surface area contributed by atoms with E-state index in [1.54, 1.807) is 0 Å². The van der Waals surface area contributed by atoms with Crippen LogP contribution >= 0.6 is 0 Å². The molecule has 1 aliphatic carbocycles. The van der Waals surface area contributed by atoms with Crippen LogP contribution in [0.15, 0.2) is 4.42 Å². The Morgan fingerprint density at radius 1 is 1.33 bits per heavy atom. The maximum Gasteiger partial charge on any atom is 0.318 e. The van der Waals surface area contributed by atoms with Crippen LogP contribution in [-0.4, -0.2) is 30.3 Å². The second kappa shape index (κ2) is 5.26. The average molecular weight is 252 g/mol. The molecule has 1 N–H and O–H groups in total. The van der Waals surface area contributed by atoms with Crippen LogP contribution < -0.4 is 10.2 Å². The minimum absolute atomic E-state index is 0.490. The zero-order chi connectivity index (χ0) is 13.2. The highest BCUT2D eigenvalue weighted by Crippen LogP contribution is 2.37. The van der Waals surface area contributed by atoms with E-state index in [0.717, 1.165) is 0 Å². The highest BCUT2D eigenvalue weighted by atomic mass is 16.4. The van der Waals surface area contributed by atoms with Crippen molar-refractivity contribution in [3.8, 4) is 0 Å². The van der Waals surface area contributed by atoms with E-state index in [-0.39, 0.29) is 0 Å². The molecule has 1 saturated carbocycles. The molecular formula is C13H24N4O. The molecule has 5 heteroatoms. The molecule has 0 amide bonds. The maximum atomic E-state index is 5.63. The molecule has 1 heterocycles. The van der Waals surface area contributed by atoms with Crippen molar-refractivity contribution >= 4 is 6.01 Å². The lowest BCUT2D eigenvalue weighted by Crippen LogP contribution is -2.37. The summed E-state index contributed by atoms with van der Waals surface area (Å²) in [6.07, 6.45) is 4.93. The molecule has 2 rings (SSSR count). The zero-order valence-electron chi connectivity index (χ0n) is 11.9. The smallest absolute Gasteiger partial charge is 0.318 e. The molecule has 1 aromatic heterocycles. The Labute approximate surface area is 109 Å². The zero-order valence-corrected chi connectivity index (χ0v) is 11.9. The van der Waals surface area contributed by atoms with Crippen molar-refractivity contribution in [2.45, 2.75) is 52.1 Å². The largest absolute Gasteiger partial charge is 0.407 e. The summed E-state index contributed by atoms with van der Waals surface area (Å²) in [5, 5.41) is 11.2. The van der Waals surface area contributed by atoms with Crippen molar-refractivity contribution < 1.29 is 4.42 Å². The average Bonchev–Trinajstić information content (AvgIpc) is 2.77. The molecule has 5 nitrogen and oxygen atoms in total. The van der Waals surface area contributed by atoms with Gasteiger partial charge in [-0.05, 0) is 38.1 Å². The fraction of sp³-hybridized carbons (Fsp3) is 0.846. The number of aromatic nitrogens is 2. The highest BCUT2D eigenvalue weighted by molar-refractivity contribution is 5.25. The van der Waals surface area contributed by atoms with Crippen LogP contribution in [0.25, 0.3) is 0 Å². The molecule has 1 aromatic rings. The number of nitrogens with zero attached hydrogens (tertiary/aromatic N) is 3. The number of hydrogen-bond donors (Lipinski definition) is 1. The third-order valence-corrected chi connectivity index (χ3v) is 3.94. The molecule has 0 unspecified atom stereocenters. The fourth-order valence-corrected chi connectivity index (χ4v) is 2.54. The Kier molecular flexibility index (Phi) is 3.90. The molecule has 0 spiro atoms. The summed E-state index contributed by atoms with van der Waals surface area (Å²) in [6, 6.07) is 1.17. The number of rotatable bonds is 4. The van der Waals surface area contributed by atoms with Crippen LogP contribution in [0.2, 0.25) is 0 Å². The molecule has 0 radical (unpaired) electrons. The number of nitrogens with one attached hydrogen (secondary N) is 1. The van der Waals surface area contributed by atoms with E-state index in [0.29, 0.717) is 29.9 Å². The monoisotopic (exact) mass is 252 g/mol.